The van der Waals surface area contributed by atoms with Gasteiger partial charge in [-0.2, -0.15) is 0 Å². The second-order valence-electron chi connectivity index (χ2n) is 8.08. The highest BCUT2D eigenvalue weighted by molar-refractivity contribution is 9.10. The predicted octanol–water partition coefficient (Wildman–Crippen LogP) is 5.69. The standard InChI is InChI=1S/C20H29BrN2O2/c1-13(2)11-23-12-17(16-8-7-15(21)9-18(16)23)14(3)10-22-19(24)25-20(4,5)6/h7-9,12-14H,10-11H2,1-6H3,(H,22,24). The number of halogens is 1. The number of benzene rings is 1. The predicted molar refractivity (Wildman–Crippen MR) is 107 cm³/mol. The highest BCUT2D eigenvalue weighted by Gasteiger charge is 2.19. The van der Waals surface area contributed by atoms with Crippen LogP contribution in [0.3, 0.4) is 0 Å². The van der Waals surface area contributed by atoms with Gasteiger partial charge in [0.2, 0.25) is 0 Å². The Bertz CT molecular complexity index is 744. The van der Waals surface area contributed by atoms with E-state index in [1.54, 1.807) is 0 Å². The van der Waals surface area contributed by atoms with Gasteiger partial charge in [0.05, 0.1) is 0 Å². The Kier molecular flexibility index (Phi) is 6.20. The van der Waals surface area contributed by atoms with Crippen molar-refractivity contribution >= 4 is 32.9 Å². The molecule has 2 rings (SSSR count). The highest BCUT2D eigenvalue weighted by atomic mass is 79.9. The smallest absolute Gasteiger partial charge is 0.407 e. The fraction of sp³-hybridized carbons (Fsp3) is 0.550. The Labute approximate surface area is 159 Å². The summed E-state index contributed by atoms with van der Waals surface area (Å²) >= 11 is 3.57. The van der Waals surface area contributed by atoms with Crippen molar-refractivity contribution in [3.05, 3.63) is 34.4 Å². The highest BCUT2D eigenvalue weighted by Crippen LogP contribution is 2.30. The minimum absolute atomic E-state index is 0.199. The van der Waals surface area contributed by atoms with Crippen molar-refractivity contribution < 1.29 is 9.53 Å². The first-order chi connectivity index (χ1) is 11.6. The molecule has 4 nitrogen and oxygen atoms in total. The van der Waals surface area contributed by atoms with Gasteiger partial charge in [0.15, 0.2) is 0 Å². The average Bonchev–Trinajstić information content (AvgIpc) is 2.80. The molecule has 2 aromatic rings. The second kappa shape index (κ2) is 7.81. The number of fused-ring (bicyclic) bond motifs is 1. The van der Waals surface area contributed by atoms with Crippen LogP contribution in [0, 0.1) is 5.92 Å². The van der Waals surface area contributed by atoms with Gasteiger partial charge in [0.25, 0.3) is 0 Å². The quantitative estimate of drug-likeness (QED) is 0.690. The molecule has 0 saturated heterocycles. The zero-order chi connectivity index (χ0) is 18.8. The molecule has 0 aliphatic rings. The van der Waals surface area contributed by atoms with Crippen LogP contribution in [0.4, 0.5) is 4.79 Å². The Balaban J connectivity index is 2.20. The summed E-state index contributed by atoms with van der Waals surface area (Å²) < 4.78 is 8.71. The monoisotopic (exact) mass is 408 g/mol. The van der Waals surface area contributed by atoms with Crippen molar-refractivity contribution in [2.45, 2.75) is 59.6 Å². The summed E-state index contributed by atoms with van der Waals surface area (Å²) in [6.07, 6.45) is 1.85. The Morgan fingerprint density at radius 1 is 1.28 bits per heavy atom. The molecular formula is C20H29BrN2O2. The molecule has 1 amide bonds. The summed E-state index contributed by atoms with van der Waals surface area (Å²) in [6.45, 7) is 13.7. The van der Waals surface area contributed by atoms with Crippen LogP contribution in [0.5, 0.6) is 0 Å². The van der Waals surface area contributed by atoms with Gasteiger partial charge in [-0.3, -0.25) is 0 Å². The van der Waals surface area contributed by atoms with Crippen LogP contribution in [0.15, 0.2) is 28.9 Å². The van der Waals surface area contributed by atoms with Gasteiger partial charge >= 0.3 is 6.09 Å². The maximum absolute atomic E-state index is 11.9. The van der Waals surface area contributed by atoms with Gasteiger partial charge in [-0.15, -0.1) is 0 Å². The summed E-state index contributed by atoms with van der Waals surface area (Å²) in [5, 5.41) is 4.12. The first kappa shape index (κ1) is 19.8. The largest absolute Gasteiger partial charge is 0.444 e. The van der Waals surface area contributed by atoms with E-state index in [9.17, 15) is 4.79 Å². The van der Waals surface area contributed by atoms with Gasteiger partial charge in [-0.05, 0) is 44.4 Å². The molecule has 0 spiro atoms. The maximum Gasteiger partial charge on any atom is 0.407 e. The molecule has 0 bridgehead atoms. The number of nitrogens with one attached hydrogen (secondary N) is 1. The third-order valence-corrected chi connectivity index (χ3v) is 4.41. The molecule has 25 heavy (non-hydrogen) atoms. The van der Waals surface area contributed by atoms with Crippen molar-refractivity contribution in [1.29, 1.82) is 0 Å². The van der Waals surface area contributed by atoms with Crippen molar-refractivity contribution in [3.63, 3.8) is 0 Å². The number of amides is 1. The van der Waals surface area contributed by atoms with E-state index in [4.69, 9.17) is 4.74 Å². The molecule has 0 aliphatic heterocycles. The number of ether oxygens (including phenoxy) is 1. The fourth-order valence-corrected chi connectivity index (χ4v) is 3.24. The minimum atomic E-state index is -0.479. The Morgan fingerprint density at radius 3 is 2.56 bits per heavy atom. The van der Waals surface area contributed by atoms with E-state index in [1.165, 1.54) is 16.5 Å². The molecule has 138 valence electrons. The lowest BCUT2D eigenvalue weighted by Crippen LogP contribution is -2.34. The van der Waals surface area contributed by atoms with E-state index in [0.717, 1.165) is 11.0 Å². The van der Waals surface area contributed by atoms with E-state index < -0.39 is 5.60 Å². The van der Waals surface area contributed by atoms with Gasteiger partial charge in [-0.25, -0.2) is 4.79 Å². The third-order valence-electron chi connectivity index (χ3n) is 3.92. The fourth-order valence-electron chi connectivity index (χ4n) is 2.89. The number of nitrogens with zero attached hydrogens (tertiary/aromatic N) is 1. The van der Waals surface area contributed by atoms with Crippen LogP contribution >= 0.6 is 15.9 Å². The van der Waals surface area contributed by atoms with Gasteiger partial charge in [0, 0.05) is 40.6 Å². The number of aromatic nitrogens is 1. The molecule has 1 N–H and O–H groups in total. The third kappa shape index (κ3) is 5.50. The summed E-state index contributed by atoms with van der Waals surface area (Å²) in [5.74, 6) is 0.766. The second-order valence-corrected chi connectivity index (χ2v) is 8.99. The molecule has 0 saturated carbocycles. The van der Waals surface area contributed by atoms with Crippen LogP contribution in [-0.2, 0) is 11.3 Å². The number of carbonyl (C=O) groups is 1. The number of carbonyl (C=O) groups excluding carboxylic acids is 1. The summed E-state index contributed by atoms with van der Waals surface area (Å²) in [5.41, 5.74) is 1.99. The number of hydrogen-bond acceptors (Lipinski definition) is 2. The van der Waals surface area contributed by atoms with Gasteiger partial charge in [-0.1, -0.05) is 42.8 Å². The normalized spacial score (nSPS) is 13.3. The molecular weight excluding hydrogens is 380 g/mol. The van der Waals surface area contributed by atoms with E-state index in [0.29, 0.717) is 12.5 Å². The molecule has 1 aromatic heterocycles. The summed E-state index contributed by atoms with van der Waals surface area (Å²) in [4.78, 5) is 11.9. The molecule has 0 fully saturated rings. The maximum atomic E-state index is 11.9. The van der Waals surface area contributed by atoms with Gasteiger partial charge in [0.1, 0.15) is 5.60 Å². The van der Waals surface area contributed by atoms with Gasteiger partial charge < -0.3 is 14.6 Å². The molecule has 1 aromatic carbocycles. The topological polar surface area (TPSA) is 43.3 Å². The van der Waals surface area contributed by atoms with E-state index in [-0.39, 0.29) is 12.0 Å². The molecule has 0 aliphatic carbocycles. The average molecular weight is 409 g/mol. The van der Waals surface area contributed by atoms with Crippen LogP contribution in [0.1, 0.15) is 53.0 Å². The molecule has 1 heterocycles. The molecule has 5 heteroatoms. The number of rotatable bonds is 5. The lowest BCUT2D eigenvalue weighted by molar-refractivity contribution is 0.0525. The zero-order valence-corrected chi connectivity index (χ0v) is 17.6. The van der Waals surface area contributed by atoms with E-state index in [2.05, 4.69) is 71.0 Å². The summed E-state index contributed by atoms with van der Waals surface area (Å²) in [6, 6.07) is 6.38. The van der Waals surface area contributed by atoms with Crippen LogP contribution in [0.2, 0.25) is 0 Å². The SMILES string of the molecule is CC(C)Cn1cc(C(C)CNC(=O)OC(C)(C)C)c2ccc(Br)cc21. The summed E-state index contributed by atoms with van der Waals surface area (Å²) in [7, 11) is 0. The van der Waals surface area contributed by atoms with E-state index in [1.807, 2.05) is 20.8 Å². The van der Waals surface area contributed by atoms with E-state index >= 15 is 0 Å². The Hall–Kier alpha value is -1.49. The first-order valence-electron chi connectivity index (χ1n) is 8.82. The number of hydrogen-bond donors (Lipinski definition) is 1. The number of alkyl carbamates (subject to hydrolysis) is 1. The zero-order valence-electron chi connectivity index (χ0n) is 16.0. The Morgan fingerprint density at radius 2 is 1.96 bits per heavy atom. The van der Waals surface area contributed by atoms with Crippen molar-refractivity contribution in [2.24, 2.45) is 5.92 Å². The first-order valence-corrected chi connectivity index (χ1v) is 9.61. The molecule has 1 atom stereocenters. The molecule has 1 unspecified atom stereocenters. The lowest BCUT2D eigenvalue weighted by atomic mass is 10.0. The molecule has 0 radical (unpaired) electrons. The van der Waals surface area contributed by atoms with Crippen molar-refractivity contribution in [2.75, 3.05) is 6.54 Å². The minimum Gasteiger partial charge on any atom is -0.444 e. The van der Waals surface area contributed by atoms with Crippen LogP contribution in [0.25, 0.3) is 10.9 Å². The van der Waals surface area contributed by atoms with Crippen molar-refractivity contribution in [1.82, 2.24) is 9.88 Å². The van der Waals surface area contributed by atoms with Crippen molar-refractivity contribution in [3.8, 4) is 0 Å². The lowest BCUT2D eigenvalue weighted by Gasteiger charge is -2.20. The van der Waals surface area contributed by atoms with Crippen LogP contribution in [-0.4, -0.2) is 22.8 Å². The van der Waals surface area contributed by atoms with Crippen LogP contribution < -0.4 is 5.32 Å².